The summed E-state index contributed by atoms with van der Waals surface area (Å²) in [6.07, 6.45) is 0. The van der Waals surface area contributed by atoms with Gasteiger partial charge in [-0.05, 0) is 56.2 Å². The normalized spacial score (nSPS) is 15.2. The van der Waals surface area contributed by atoms with Crippen LogP contribution in [-0.4, -0.2) is 43.5 Å². The fourth-order valence-corrected chi connectivity index (χ4v) is 3.74. The van der Waals surface area contributed by atoms with Gasteiger partial charge in [0.25, 0.3) is 0 Å². The minimum absolute atomic E-state index is 0.0623. The van der Waals surface area contributed by atoms with Gasteiger partial charge in [-0.1, -0.05) is 17.7 Å². The van der Waals surface area contributed by atoms with E-state index in [2.05, 4.69) is 48.0 Å². The summed E-state index contributed by atoms with van der Waals surface area (Å²) in [7, 11) is 0. The van der Waals surface area contributed by atoms with E-state index >= 15 is 0 Å². The van der Waals surface area contributed by atoms with Crippen LogP contribution in [0.5, 0.6) is 0 Å². The third kappa shape index (κ3) is 4.41. The van der Waals surface area contributed by atoms with Crippen LogP contribution in [0.25, 0.3) is 0 Å². The molecule has 1 N–H and O–H groups in total. The maximum atomic E-state index is 12.9. The SMILES string of the molecule is Cc1cc(C)c(N2CCN(CC(=O)Nc3ccc(F)cc3)CC2)c(C)c1. The monoisotopic (exact) mass is 355 g/mol. The Morgan fingerprint density at radius 1 is 1.00 bits per heavy atom. The lowest BCUT2D eigenvalue weighted by Crippen LogP contribution is -2.49. The molecular weight excluding hydrogens is 329 g/mol. The van der Waals surface area contributed by atoms with Crippen LogP contribution in [0.3, 0.4) is 0 Å². The van der Waals surface area contributed by atoms with E-state index in [1.165, 1.54) is 34.5 Å². The number of aryl methyl sites for hydroxylation is 3. The molecule has 1 saturated heterocycles. The molecule has 0 saturated carbocycles. The quantitative estimate of drug-likeness (QED) is 0.912. The smallest absolute Gasteiger partial charge is 0.238 e. The molecule has 1 heterocycles. The van der Waals surface area contributed by atoms with E-state index in [1.54, 1.807) is 12.1 Å². The van der Waals surface area contributed by atoms with Crippen LogP contribution in [0.2, 0.25) is 0 Å². The summed E-state index contributed by atoms with van der Waals surface area (Å²) in [5.74, 6) is -0.367. The number of amides is 1. The molecule has 0 bridgehead atoms. The molecule has 138 valence electrons. The molecule has 1 fully saturated rings. The molecular formula is C21H26FN3O. The zero-order valence-electron chi connectivity index (χ0n) is 15.7. The summed E-state index contributed by atoms with van der Waals surface area (Å²) in [6.45, 7) is 10.3. The zero-order valence-corrected chi connectivity index (χ0v) is 15.7. The van der Waals surface area contributed by atoms with Crippen LogP contribution in [0.1, 0.15) is 16.7 Å². The van der Waals surface area contributed by atoms with E-state index < -0.39 is 0 Å². The predicted molar refractivity (Wildman–Crippen MR) is 104 cm³/mol. The first-order chi connectivity index (χ1) is 12.4. The van der Waals surface area contributed by atoms with E-state index in [9.17, 15) is 9.18 Å². The highest BCUT2D eigenvalue weighted by molar-refractivity contribution is 5.92. The highest BCUT2D eigenvalue weighted by Gasteiger charge is 2.21. The Hall–Kier alpha value is -2.40. The van der Waals surface area contributed by atoms with Gasteiger partial charge in [0.05, 0.1) is 6.54 Å². The number of carbonyl (C=O) groups is 1. The first-order valence-electron chi connectivity index (χ1n) is 9.03. The molecule has 0 aromatic heterocycles. The van der Waals surface area contributed by atoms with E-state index in [0.717, 1.165) is 26.2 Å². The molecule has 0 spiro atoms. The van der Waals surface area contributed by atoms with Crippen molar-refractivity contribution in [2.45, 2.75) is 20.8 Å². The molecule has 0 radical (unpaired) electrons. The van der Waals surface area contributed by atoms with Crippen molar-refractivity contribution in [1.29, 1.82) is 0 Å². The summed E-state index contributed by atoms with van der Waals surface area (Å²) in [4.78, 5) is 16.8. The predicted octanol–water partition coefficient (Wildman–Crippen LogP) is 3.51. The molecule has 1 aliphatic rings. The number of carbonyl (C=O) groups excluding carboxylic acids is 1. The maximum Gasteiger partial charge on any atom is 0.238 e. The Balaban J connectivity index is 1.54. The second-order valence-corrected chi connectivity index (χ2v) is 7.07. The molecule has 0 aliphatic carbocycles. The van der Waals surface area contributed by atoms with Crippen molar-refractivity contribution in [3.05, 3.63) is 58.9 Å². The van der Waals surface area contributed by atoms with Crippen molar-refractivity contribution in [3.63, 3.8) is 0 Å². The highest BCUT2D eigenvalue weighted by atomic mass is 19.1. The molecule has 5 heteroatoms. The van der Waals surface area contributed by atoms with Gasteiger partial charge in [0.1, 0.15) is 5.82 Å². The average Bonchev–Trinajstić information content (AvgIpc) is 2.57. The number of anilines is 2. The van der Waals surface area contributed by atoms with Gasteiger partial charge in [-0.15, -0.1) is 0 Å². The highest BCUT2D eigenvalue weighted by Crippen LogP contribution is 2.27. The van der Waals surface area contributed by atoms with Crippen molar-refractivity contribution in [2.24, 2.45) is 0 Å². The minimum Gasteiger partial charge on any atom is -0.369 e. The van der Waals surface area contributed by atoms with Crippen molar-refractivity contribution in [3.8, 4) is 0 Å². The molecule has 4 nitrogen and oxygen atoms in total. The summed E-state index contributed by atoms with van der Waals surface area (Å²) in [5, 5.41) is 2.82. The van der Waals surface area contributed by atoms with E-state index in [-0.39, 0.29) is 11.7 Å². The van der Waals surface area contributed by atoms with E-state index in [4.69, 9.17) is 0 Å². The standard InChI is InChI=1S/C21H26FN3O/c1-15-12-16(2)21(17(3)13-15)25-10-8-24(9-11-25)14-20(26)23-19-6-4-18(22)5-7-19/h4-7,12-13H,8-11,14H2,1-3H3,(H,23,26). The van der Waals surface area contributed by atoms with E-state index in [1.807, 2.05) is 0 Å². The minimum atomic E-state index is -0.305. The van der Waals surface area contributed by atoms with Crippen LogP contribution >= 0.6 is 0 Å². The third-order valence-electron chi connectivity index (χ3n) is 4.82. The summed E-state index contributed by atoms with van der Waals surface area (Å²) in [6, 6.07) is 10.3. The molecule has 3 rings (SSSR count). The average molecular weight is 355 g/mol. The lowest BCUT2D eigenvalue weighted by molar-refractivity contribution is -0.117. The number of hydrogen-bond donors (Lipinski definition) is 1. The Bertz CT molecular complexity index is 757. The van der Waals surface area contributed by atoms with Gasteiger partial charge in [0.2, 0.25) is 5.91 Å². The number of nitrogens with one attached hydrogen (secondary N) is 1. The molecule has 2 aromatic rings. The summed E-state index contributed by atoms with van der Waals surface area (Å²) < 4.78 is 12.9. The zero-order chi connectivity index (χ0) is 18.7. The van der Waals surface area contributed by atoms with Gasteiger partial charge in [-0.25, -0.2) is 4.39 Å². The fraction of sp³-hybridized carbons (Fsp3) is 0.381. The second kappa shape index (κ2) is 7.87. The molecule has 0 atom stereocenters. The second-order valence-electron chi connectivity index (χ2n) is 7.07. The first-order valence-corrected chi connectivity index (χ1v) is 9.03. The number of rotatable bonds is 4. The molecule has 1 amide bonds. The lowest BCUT2D eigenvalue weighted by atomic mass is 10.0. The summed E-state index contributed by atoms with van der Waals surface area (Å²) in [5.41, 5.74) is 5.86. The Labute approximate surface area is 154 Å². The largest absolute Gasteiger partial charge is 0.369 e. The van der Waals surface area contributed by atoms with Crippen LogP contribution in [0.4, 0.5) is 15.8 Å². The molecule has 26 heavy (non-hydrogen) atoms. The number of nitrogens with zero attached hydrogens (tertiary/aromatic N) is 2. The van der Waals surface area contributed by atoms with Gasteiger partial charge >= 0.3 is 0 Å². The van der Waals surface area contributed by atoms with Crippen molar-refractivity contribution in [1.82, 2.24) is 4.90 Å². The van der Waals surface area contributed by atoms with Gasteiger partial charge in [-0.3, -0.25) is 9.69 Å². The number of halogens is 1. The van der Waals surface area contributed by atoms with Gasteiger partial charge in [-0.2, -0.15) is 0 Å². The van der Waals surface area contributed by atoms with Gasteiger partial charge < -0.3 is 10.2 Å². The fourth-order valence-electron chi connectivity index (χ4n) is 3.74. The van der Waals surface area contributed by atoms with Gasteiger partial charge in [0, 0.05) is 37.6 Å². The molecule has 2 aromatic carbocycles. The van der Waals surface area contributed by atoms with E-state index in [0.29, 0.717) is 12.2 Å². The maximum absolute atomic E-state index is 12.9. The Morgan fingerprint density at radius 3 is 2.15 bits per heavy atom. The number of hydrogen-bond acceptors (Lipinski definition) is 3. The number of benzene rings is 2. The number of piperazine rings is 1. The Kier molecular flexibility index (Phi) is 5.57. The topological polar surface area (TPSA) is 35.6 Å². The van der Waals surface area contributed by atoms with Crippen LogP contribution in [-0.2, 0) is 4.79 Å². The van der Waals surface area contributed by atoms with Crippen molar-refractivity contribution < 1.29 is 9.18 Å². The lowest BCUT2D eigenvalue weighted by Gasteiger charge is -2.37. The first kappa shape index (κ1) is 18.4. The molecule has 0 unspecified atom stereocenters. The molecule has 1 aliphatic heterocycles. The van der Waals surface area contributed by atoms with Crippen molar-refractivity contribution >= 4 is 17.3 Å². The van der Waals surface area contributed by atoms with Crippen LogP contribution in [0.15, 0.2) is 36.4 Å². The van der Waals surface area contributed by atoms with Crippen LogP contribution in [0, 0.1) is 26.6 Å². The van der Waals surface area contributed by atoms with Gasteiger partial charge in [0.15, 0.2) is 0 Å². The van der Waals surface area contributed by atoms with Crippen molar-refractivity contribution in [2.75, 3.05) is 42.9 Å². The van der Waals surface area contributed by atoms with Crippen LogP contribution < -0.4 is 10.2 Å². The Morgan fingerprint density at radius 2 is 1.58 bits per heavy atom. The third-order valence-corrected chi connectivity index (χ3v) is 4.82. The summed E-state index contributed by atoms with van der Waals surface area (Å²) >= 11 is 0.